The van der Waals surface area contributed by atoms with Crippen LogP contribution in [0.2, 0.25) is 0 Å². The zero-order valence-corrected chi connectivity index (χ0v) is 17.9. The molecule has 0 aliphatic heterocycles. The lowest BCUT2D eigenvalue weighted by Gasteiger charge is -2.16. The molecule has 0 fully saturated rings. The first-order valence-electron chi connectivity index (χ1n) is 10.2. The number of rotatable bonds is 9. The van der Waals surface area contributed by atoms with Gasteiger partial charge in [-0.1, -0.05) is 51.7 Å². The zero-order valence-electron chi connectivity index (χ0n) is 17.1. The summed E-state index contributed by atoms with van der Waals surface area (Å²) < 4.78 is 25.6. The van der Waals surface area contributed by atoms with Gasteiger partial charge in [0.15, 0.2) is 9.84 Å². The van der Waals surface area contributed by atoms with Crippen molar-refractivity contribution in [1.82, 2.24) is 9.55 Å². The van der Waals surface area contributed by atoms with Crippen LogP contribution in [0.15, 0.2) is 53.6 Å². The zero-order chi connectivity index (χ0) is 20.1. The molecule has 5 heteroatoms. The number of fused-ring (bicyclic) bond motifs is 1. The molecule has 1 unspecified atom stereocenters. The number of aromatic nitrogens is 2. The van der Waals surface area contributed by atoms with Gasteiger partial charge in [-0.3, -0.25) is 0 Å². The summed E-state index contributed by atoms with van der Waals surface area (Å²) in [6, 6.07) is 13.2. The molecule has 1 atom stereocenters. The van der Waals surface area contributed by atoms with Gasteiger partial charge in [0, 0.05) is 29.9 Å². The molecule has 1 aromatic carbocycles. The van der Waals surface area contributed by atoms with Gasteiger partial charge in [0.2, 0.25) is 0 Å². The van der Waals surface area contributed by atoms with E-state index in [9.17, 15) is 8.42 Å². The van der Waals surface area contributed by atoms with Crippen LogP contribution in [0, 0.1) is 5.92 Å². The maximum Gasteiger partial charge on any atom is 0.175 e. The molecule has 0 radical (unpaired) electrons. The van der Waals surface area contributed by atoms with Gasteiger partial charge in [-0.2, -0.15) is 0 Å². The van der Waals surface area contributed by atoms with E-state index in [1.807, 2.05) is 18.2 Å². The summed E-state index contributed by atoms with van der Waals surface area (Å²) in [7, 11) is -3.18. The number of nitrogens with zero attached hydrogens (tertiary/aromatic N) is 2. The summed E-state index contributed by atoms with van der Waals surface area (Å²) in [6.07, 6.45) is 9.65. The summed E-state index contributed by atoms with van der Waals surface area (Å²) >= 11 is 0. The van der Waals surface area contributed by atoms with E-state index in [1.54, 1.807) is 12.1 Å². The van der Waals surface area contributed by atoms with Crippen LogP contribution >= 0.6 is 0 Å². The Morgan fingerprint density at radius 3 is 2.39 bits per heavy atom. The van der Waals surface area contributed by atoms with Crippen LogP contribution in [0.3, 0.4) is 0 Å². The fraction of sp³-hybridized carbons (Fsp3) is 0.435. The highest BCUT2D eigenvalue weighted by Gasteiger charge is 2.12. The van der Waals surface area contributed by atoms with E-state index in [-0.39, 0.29) is 0 Å². The molecule has 3 aromatic rings. The van der Waals surface area contributed by atoms with Gasteiger partial charge < -0.3 is 4.57 Å². The molecule has 3 rings (SSSR count). The first-order chi connectivity index (χ1) is 13.4. The Balaban J connectivity index is 1.85. The van der Waals surface area contributed by atoms with E-state index in [0.717, 1.165) is 28.8 Å². The van der Waals surface area contributed by atoms with Crippen molar-refractivity contribution in [3.63, 3.8) is 0 Å². The van der Waals surface area contributed by atoms with Crippen molar-refractivity contribution in [2.45, 2.75) is 57.4 Å². The molecule has 28 heavy (non-hydrogen) atoms. The minimum Gasteiger partial charge on any atom is -0.332 e. The second kappa shape index (κ2) is 8.91. The summed E-state index contributed by atoms with van der Waals surface area (Å²) in [5.41, 5.74) is 2.79. The van der Waals surface area contributed by atoms with Gasteiger partial charge >= 0.3 is 0 Å². The van der Waals surface area contributed by atoms with Crippen LogP contribution in [0.25, 0.3) is 22.3 Å². The molecule has 0 saturated heterocycles. The maximum absolute atomic E-state index is 11.7. The molecule has 150 valence electrons. The number of unbranched alkanes of at least 4 members (excludes halogenated alkanes) is 2. The minimum absolute atomic E-state index is 0.332. The Bertz CT molecular complexity index is 1020. The van der Waals surface area contributed by atoms with E-state index in [4.69, 9.17) is 4.98 Å². The fourth-order valence-corrected chi connectivity index (χ4v) is 4.26. The van der Waals surface area contributed by atoms with Crippen molar-refractivity contribution in [3.8, 4) is 11.3 Å². The normalized spacial score (nSPS) is 13.1. The highest BCUT2D eigenvalue weighted by Crippen LogP contribution is 2.25. The van der Waals surface area contributed by atoms with Gasteiger partial charge in [-0.05, 0) is 42.7 Å². The topological polar surface area (TPSA) is 52.0 Å². The first-order valence-corrected chi connectivity index (χ1v) is 12.1. The Morgan fingerprint density at radius 2 is 1.75 bits per heavy atom. The summed E-state index contributed by atoms with van der Waals surface area (Å²) in [6.45, 7) is 5.51. The van der Waals surface area contributed by atoms with Crippen molar-refractivity contribution < 1.29 is 8.42 Å². The average Bonchev–Trinajstić information content (AvgIpc) is 3.09. The summed E-state index contributed by atoms with van der Waals surface area (Å²) in [5, 5.41) is 1.14. The largest absolute Gasteiger partial charge is 0.332 e. The van der Waals surface area contributed by atoms with Crippen LogP contribution in [-0.4, -0.2) is 24.2 Å². The Labute approximate surface area is 168 Å². The number of hydrogen-bond acceptors (Lipinski definition) is 3. The van der Waals surface area contributed by atoms with E-state index in [1.165, 1.54) is 38.4 Å². The lowest BCUT2D eigenvalue weighted by molar-refractivity contribution is 0.391. The number of sulfone groups is 1. The average molecular weight is 399 g/mol. The van der Waals surface area contributed by atoms with Crippen molar-refractivity contribution in [3.05, 3.63) is 48.7 Å². The predicted octanol–water partition coefficient (Wildman–Crippen LogP) is 5.71. The van der Waals surface area contributed by atoms with Gasteiger partial charge in [0.1, 0.15) is 5.65 Å². The van der Waals surface area contributed by atoms with Crippen molar-refractivity contribution in [1.29, 1.82) is 0 Å². The second-order valence-electron chi connectivity index (χ2n) is 7.64. The van der Waals surface area contributed by atoms with Crippen LogP contribution in [-0.2, 0) is 16.4 Å². The minimum atomic E-state index is -3.18. The lowest BCUT2D eigenvalue weighted by Crippen LogP contribution is -2.10. The molecule has 0 bridgehead atoms. The van der Waals surface area contributed by atoms with E-state index in [0.29, 0.717) is 10.8 Å². The molecule has 0 saturated carbocycles. The molecule has 0 spiro atoms. The SMILES string of the molecule is CCCCCC(CC)Cn1ccc2ccc(-c3ccc(S(C)(=O)=O)cc3)nc21. The van der Waals surface area contributed by atoms with Crippen LogP contribution < -0.4 is 0 Å². The number of hydrogen-bond donors (Lipinski definition) is 0. The Hall–Kier alpha value is -2.14. The smallest absolute Gasteiger partial charge is 0.175 e. The fourth-order valence-electron chi connectivity index (χ4n) is 3.63. The Morgan fingerprint density at radius 1 is 1.00 bits per heavy atom. The number of pyridine rings is 1. The molecule has 2 heterocycles. The first kappa shape index (κ1) is 20.6. The third-order valence-electron chi connectivity index (χ3n) is 5.44. The molecular formula is C23H30N2O2S. The van der Waals surface area contributed by atoms with E-state index in [2.05, 4.69) is 36.7 Å². The molecule has 0 amide bonds. The van der Waals surface area contributed by atoms with Gasteiger partial charge in [-0.25, -0.2) is 13.4 Å². The van der Waals surface area contributed by atoms with E-state index >= 15 is 0 Å². The maximum atomic E-state index is 11.7. The van der Waals surface area contributed by atoms with Gasteiger partial charge in [0.05, 0.1) is 10.6 Å². The standard InChI is InChI=1S/C23H30N2O2S/c1-4-6-7-8-18(5-2)17-25-16-15-20-11-14-22(24-23(20)25)19-9-12-21(13-10-19)28(3,26)27/h9-16,18H,4-8,17H2,1-3H3. The third kappa shape index (κ3) is 4.82. The summed E-state index contributed by atoms with van der Waals surface area (Å²) in [4.78, 5) is 5.23. The quantitative estimate of drug-likeness (QED) is 0.434. The van der Waals surface area contributed by atoms with Crippen molar-refractivity contribution in [2.24, 2.45) is 5.92 Å². The van der Waals surface area contributed by atoms with Gasteiger partial charge in [0.25, 0.3) is 0 Å². The van der Waals surface area contributed by atoms with Gasteiger partial charge in [-0.15, -0.1) is 0 Å². The van der Waals surface area contributed by atoms with Crippen LogP contribution in [0.1, 0.15) is 46.0 Å². The molecular weight excluding hydrogens is 368 g/mol. The lowest BCUT2D eigenvalue weighted by atomic mass is 9.98. The summed E-state index contributed by atoms with van der Waals surface area (Å²) in [5.74, 6) is 0.668. The third-order valence-corrected chi connectivity index (χ3v) is 6.57. The van der Waals surface area contributed by atoms with Crippen LogP contribution in [0.4, 0.5) is 0 Å². The van der Waals surface area contributed by atoms with E-state index < -0.39 is 9.84 Å². The monoisotopic (exact) mass is 398 g/mol. The second-order valence-corrected chi connectivity index (χ2v) is 9.66. The Kier molecular flexibility index (Phi) is 6.55. The molecule has 0 aliphatic carbocycles. The highest BCUT2D eigenvalue weighted by molar-refractivity contribution is 7.90. The highest BCUT2D eigenvalue weighted by atomic mass is 32.2. The predicted molar refractivity (Wildman–Crippen MR) is 116 cm³/mol. The van der Waals surface area contributed by atoms with Crippen molar-refractivity contribution in [2.75, 3.05) is 6.26 Å². The van der Waals surface area contributed by atoms with Crippen LogP contribution in [0.5, 0.6) is 0 Å². The van der Waals surface area contributed by atoms with Crippen molar-refractivity contribution >= 4 is 20.9 Å². The molecule has 2 aromatic heterocycles. The molecule has 0 aliphatic rings. The molecule has 0 N–H and O–H groups in total. The molecule has 4 nitrogen and oxygen atoms in total. The number of benzene rings is 1.